The van der Waals surface area contributed by atoms with Crippen molar-refractivity contribution >= 4 is 41.8 Å². The summed E-state index contributed by atoms with van der Waals surface area (Å²) in [6.45, 7) is 4.93. The fourth-order valence-electron chi connectivity index (χ4n) is 4.20. The third-order valence-corrected chi connectivity index (χ3v) is 5.92. The zero-order valence-corrected chi connectivity index (χ0v) is 21.2. The first-order chi connectivity index (χ1) is 14.5. The molecule has 2 aliphatic rings. The van der Waals surface area contributed by atoms with Crippen molar-refractivity contribution in [2.24, 2.45) is 10.9 Å². The largest absolute Gasteiger partial charge is 0.357 e. The molecule has 2 N–H and O–H groups in total. The molecule has 1 aromatic rings. The molecule has 7 nitrogen and oxygen atoms in total. The number of nitrogens with zero attached hydrogens (tertiary/aromatic N) is 3. The normalized spacial score (nSPS) is 19.1. The SMILES string of the molecule is CCNC(=NCc1ccc(C(=O)N(C)C)cc1)NC1CCN(C(=O)C2CCCC2)C1.I. The Balaban J connectivity index is 0.00000341. The van der Waals surface area contributed by atoms with E-state index in [4.69, 9.17) is 4.99 Å². The average molecular weight is 541 g/mol. The van der Waals surface area contributed by atoms with Crippen molar-refractivity contribution in [3.63, 3.8) is 0 Å². The maximum absolute atomic E-state index is 12.7. The molecule has 1 saturated heterocycles. The van der Waals surface area contributed by atoms with Gasteiger partial charge in [-0.05, 0) is 43.9 Å². The van der Waals surface area contributed by atoms with E-state index in [1.54, 1.807) is 19.0 Å². The molecule has 1 unspecified atom stereocenters. The zero-order chi connectivity index (χ0) is 21.5. The molecule has 0 spiro atoms. The van der Waals surface area contributed by atoms with Crippen LogP contribution in [0.1, 0.15) is 54.9 Å². The van der Waals surface area contributed by atoms with Gasteiger partial charge in [0.2, 0.25) is 5.91 Å². The smallest absolute Gasteiger partial charge is 0.253 e. The van der Waals surface area contributed by atoms with Crippen LogP contribution in [-0.2, 0) is 11.3 Å². The Hall–Kier alpha value is -1.84. The molecule has 172 valence electrons. The van der Waals surface area contributed by atoms with Gasteiger partial charge >= 0.3 is 0 Å². The molecular formula is C23H36IN5O2. The average Bonchev–Trinajstić information content (AvgIpc) is 3.44. The first-order valence-electron chi connectivity index (χ1n) is 11.1. The van der Waals surface area contributed by atoms with Gasteiger partial charge in [-0.2, -0.15) is 0 Å². The van der Waals surface area contributed by atoms with E-state index in [0.717, 1.165) is 50.4 Å². The van der Waals surface area contributed by atoms with E-state index < -0.39 is 0 Å². The van der Waals surface area contributed by atoms with Gasteiger partial charge in [0, 0.05) is 51.3 Å². The van der Waals surface area contributed by atoms with Crippen molar-refractivity contribution in [3.05, 3.63) is 35.4 Å². The van der Waals surface area contributed by atoms with Gasteiger partial charge in [-0.15, -0.1) is 24.0 Å². The Morgan fingerprint density at radius 2 is 1.81 bits per heavy atom. The maximum atomic E-state index is 12.7. The summed E-state index contributed by atoms with van der Waals surface area (Å²) in [5.74, 6) is 1.35. The van der Waals surface area contributed by atoms with Gasteiger partial charge < -0.3 is 20.4 Å². The minimum absolute atomic E-state index is 0. The molecule has 1 saturated carbocycles. The van der Waals surface area contributed by atoms with E-state index in [9.17, 15) is 9.59 Å². The lowest BCUT2D eigenvalue weighted by atomic mass is 10.1. The maximum Gasteiger partial charge on any atom is 0.253 e. The van der Waals surface area contributed by atoms with E-state index in [1.165, 1.54) is 12.8 Å². The summed E-state index contributed by atoms with van der Waals surface area (Å²) in [5.41, 5.74) is 1.72. The first kappa shape index (κ1) is 25.4. The fraction of sp³-hybridized carbons (Fsp3) is 0.609. The number of amides is 2. The number of hydrogen-bond donors (Lipinski definition) is 2. The quantitative estimate of drug-likeness (QED) is 0.330. The van der Waals surface area contributed by atoms with Gasteiger partial charge in [0.1, 0.15) is 0 Å². The number of carbonyl (C=O) groups excluding carboxylic acids is 2. The minimum atomic E-state index is -0.00186. The molecular weight excluding hydrogens is 505 g/mol. The molecule has 3 rings (SSSR count). The van der Waals surface area contributed by atoms with Gasteiger partial charge in [-0.25, -0.2) is 4.99 Å². The Kier molecular flexibility index (Phi) is 10.1. The molecule has 1 atom stereocenters. The molecule has 31 heavy (non-hydrogen) atoms. The van der Waals surface area contributed by atoms with Crippen molar-refractivity contribution in [1.29, 1.82) is 0 Å². The highest BCUT2D eigenvalue weighted by atomic mass is 127. The fourth-order valence-corrected chi connectivity index (χ4v) is 4.20. The number of nitrogens with one attached hydrogen (secondary N) is 2. The van der Waals surface area contributed by atoms with Gasteiger partial charge in [-0.3, -0.25) is 9.59 Å². The molecule has 0 bridgehead atoms. The minimum Gasteiger partial charge on any atom is -0.357 e. The van der Waals surface area contributed by atoms with Crippen LogP contribution in [0.3, 0.4) is 0 Å². The number of benzene rings is 1. The van der Waals surface area contributed by atoms with Crippen molar-refractivity contribution in [3.8, 4) is 0 Å². The lowest BCUT2D eigenvalue weighted by Gasteiger charge is -2.21. The van der Waals surface area contributed by atoms with Crippen LogP contribution >= 0.6 is 24.0 Å². The molecule has 1 aliphatic heterocycles. The summed E-state index contributed by atoms with van der Waals surface area (Å²) in [4.78, 5) is 33.0. The Bertz CT molecular complexity index is 760. The van der Waals surface area contributed by atoms with Crippen LogP contribution in [0.4, 0.5) is 0 Å². The van der Waals surface area contributed by atoms with E-state index in [-0.39, 0.29) is 41.8 Å². The van der Waals surface area contributed by atoms with Crippen LogP contribution in [0.25, 0.3) is 0 Å². The number of likely N-dealkylation sites (tertiary alicyclic amines) is 1. The van der Waals surface area contributed by atoms with Crippen molar-refractivity contribution in [2.45, 2.75) is 51.6 Å². The summed E-state index contributed by atoms with van der Waals surface area (Å²) in [6, 6.07) is 7.81. The number of guanidine groups is 1. The second kappa shape index (κ2) is 12.3. The van der Waals surface area contributed by atoms with E-state index in [0.29, 0.717) is 18.0 Å². The highest BCUT2D eigenvalue weighted by Gasteiger charge is 2.32. The van der Waals surface area contributed by atoms with E-state index in [1.807, 2.05) is 36.1 Å². The molecule has 0 aromatic heterocycles. The predicted octanol–water partition coefficient (Wildman–Crippen LogP) is 2.85. The molecule has 2 amide bonds. The number of carbonyl (C=O) groups is 2. The van der Waals surface area contributed by atoms with Gasteiger partial charge in [-0.1, -0.05) is 25.0 Å². The summed E-state index contributed by atoms with van der Waals surface area (Å²) in [5, 5.41) is 6.79. The molecule has 1 heterocycles. The second-order valence-corrected chi connectivity index (χ2v) is 8.49. The topological polar surface area (TPSA) is 77.0 Å². The Labute approximate surface area is 203 Å². The number of halogens is 1. The summed E-state index contributed by atoms with van der Waals surface area (Å²) in [6.07, 6.45) is 5.43. The number of hydrogen-bond acceptors (Lipinski definition) is 3. The molecule has 1 aliphatic carbocycles. The lowest BCUT2D eigenvalue weighted by Crippen LogP contribution is -2.45. The Morgan fingerprint density at radius 1 is 1.13 bits per heavy atom. The highest BCUT2D eigenvalue weighted by molar-refractivity contribution is 14.0. The third kappa shape index (κ3) is 7.08. The first-order valence-corrected chi connectivity index (χ1v) is 11.1. The van der Waals surface area contributed by atoms with Gasteiger partial charge in [0.15, 0.2) is 5.96 Å². The second-order valence-electron chi connectivity index (χ2n) is 8.49. The highest BCUT2D eigenvalue weighted by Crippen LogP contribution is 2.27. The monoisotopic (exact) mass is 541 g/mol. The van der Waals surface area contributed by atoms with E-state index >= 15 is 0 Å². The van der Waals surface area contributed by atoms with Crippen LogP contribution in [0.2, 0.25) is 0 Å². The van der Waals surface area contributed by atoms with Crippen LogP contribution in [0, 0.1) is 5.92 Å². The lowest BCUT2D eigenvalue weighted by molar-refractivity contribution is -0.134. The van der Waals surface area contributed by atoms with Crippen LogP contribution in [-0.4, -0.2) is 67.3 Å². The van der Waals surface area contributed by atoms with Crippen molar-refractivity contribution in [1.82, 2.24) is 20.4 Å². The molecule has 2 fully saturated rings. The third-order valence-electron chi connectivity index (χ3n) is 5.92. The molecule has 1 aromatic carbocycles. The standard InChI is InChI=1S/C23H35N5O2.HI/c1-4-24-23(25-15-17-9-11-19(12-10-17)21(29)27(2)3)26-20-13-14-28(16-20)22(30)18-7-5-6-8-18;/h9-12,18,20H,4-8,13-16H2,1-3H3,(H2,24,25,26);1H. The summed E-state index contributed by atoms with van der Waals surface area (Å²) < 4.78 is 0. The van der Waals surface area contributed by atoms with Crippen LogP contribution in [0.15, 0.2) is 29.3 Å². The van der Waals surface area contributed by atoms with E-state index in [2.05, 4.69) is 10.6 Å². The van der Waals surface area contributed by atoms with Crippen molar-refractivity contribution < 1.29 is 9.59 Å². The Morgan fingerprint density at radius 3 is 2.42 bits per heavy atom. The van der Waals surface area contributed by atoms with Crippen molar-refractivity contribution in [2.75, 3.05) is 33.7 Å². The summed E-state index contributed by atoms with van der Waals surface area (Å²) >= 11 is 0. The van der Waals surface area contributed by atoms with Crippen LogP contribution < -0.4 is 10.6 Å². The van der Waals surface area contributed by atoms with Gasteiger partial charge in [0.25, 0.3) is 5.91 Å². The molecule has 0 radical (unpaired) electrons. The zero-order valence-electron chi connectivity index (χ0n) is 18.9. The number of rotatable bonds is 6. The number of aliphatic imine (C=N–C) groups is 1. The van der Waals surface area contributed by atoms with Gasteiger partial charge in [0.05, 0.1) is 6.54 Å². The summed E-state index contributed by atoms with van der Waals surface area (Å²) in [7, 11) is 3.50. The van der Waals surface area contributed by atoms with Crippen LogP contribution in [0.5, 0.6) is 0 Å². The predicted molar refractivity (Wildman–Crippen MR) is 135 cm³/mol. The molecule has 8 heteroatoms.